The van der Waals surface area contributed by atoms with Gasteiger partial charge in [-0.1, -0.05) is 276 Å². The van der Waals surface area contributed by atoms with Crippen molar-refractivity contribution in [3.8, 4) is 0 Å². The molecule has 0 amide bonds. The van der Waals surface area contributed by atoms with E-state index in [-0.39, 0.29) is 31.1 Å². The first-order chi connectivity index (χ1) is 34.5. The maximum absolute atomic E-state index is 12.9. The van der Waals surface area contributed by atoms with Crippen molar-refractivity contribution in [2.24, 2.45) is 0 Å². The maximum atomic E-state index is 12.9. The summed E-state index contributed by atoms with van der Waals surface area (Å²) in [6.45, 7) is 6.65. The molecule has 0 aliphatic heterocycles. The number of esters is 3. The first-order valence-corrected chi connectivity index (χ1v) is 31.0. The Bertz CT molecular complexity index is 1170. The first kappa shape index (κ1) is 67.6. The molecule has 0 rings (SSSR count). The topological polar surface area (TPSA) is 78.9 Å². The molecule has 0 aliphatic carbocycles. The van der Waals surface area contributed by atoms with Crippen LogP contribution in [0.25, 0.3) is 0 Å². The van der Waals surface area contributed by atoms with Crippen LogP contribution in [-0.4, -0.2) is 37.2 Å². The van der Waals surface area contributed by atoms with Crippen LogP contribution < -0.4 is 0 Å². The fraction of sp³-hybridized carbons (Fsp3) is 0.859. The summed E-state index contributed by atoms with van der Waals surface area (Å²) < 4.78 is 16.9. The molecule has 0 spiro atoms. The Morgan fingerprint density at radius 3 is 0.829 bits per heavy atom. The second-order valence-corrected chi connectivity index (χ2v) is 21.0. The van der Waals surface area contributed by atoms with E-state index in [4.69, 9.17) is 14.2 Å². The standard InChI is InChI=1S/C64H118O6/c1-4-7-10-13-16-19-22-25-28-30-31-32-33-35-36-39-42-45-48-51-54-57-63(66)69-60-61(59-68-62(65)56-53-50-47-44-41-38-27-24-21-18-15-12-9-6-3)70-64(67)58-55-52-49-46-43-40-37-34-29-26-23-20-17-14-11-8-5-2/h17,20,24,26-27,29,61H,4-16,18-19,21-23,25,28,30-60H2,1-3H3/b20-17-,27-24-,29-26-. The lowest BCUT2D eigenvalue weighted by molar-refractivity contribution is -0.167. The summed E-state index contributed by atoms with van der Waals surface area (Å²) >= 11 is 0. The van der Waals surface area contributed by atoms with E-state index in [1.54, 1.807) is 0 Å². The molecule has 0 N–H and O–H groups in total. The molecule has 70 heavy (non-hydrogen) atoms. The van der Waals surface area contributed by atoms with Crippen molar-refractivity contribution in [1.82, 2.24) is 0 Å². The van der Waals surface area contributed by atoms with Crippen molar-refractivity contribution >= 4 is 17.9 Å². The zero-order valence-electron chi connectivity index (χ0n) is 47.1. The Labute approximate surface area is 435 Å². The maximum Gasteiger partial charge on any atom is 0.306 e. The molecule has 410 valence electrons. The molecular weight excluding hydrogens is 865 g/mol. The molecule has 0 aromatic heterocycles. The average Bonchev–Trinajstić information content (AvgIpc) is 3.36. The van der Waals surface area contributed by atoms with E-state index in [0.717, 1.165) is 77.0 Å². The van der Waals surface area contributed by atoms with Gasteiger partial charge in [0, 0.05) is 19.3 Å². The van der Waals surface area contributed by atoms with Gasteiger partial charge in [0.1, 0.15) is 13.2 Å². The zero-order chi connectivity index (χ0) is 50.7. The van der Waals surface area contributed by atoms with Crippen molar-refractivity contribution in [3.05, 3.63) is 36.5 Å². The van der Waals surface area contributed by atoms with E-state index in [1.165, 1.54) is 218 Å². The molecule has 6 nitrogen and oxygen atoms in total. The molecule has 0 bridgehead atoms. The molecule has 6 heteroatoms. The van der Waals surface area contributed by atoms with Gasteiger partial charge >= 0.3 is 17.9 Å². The minimum atomic E-state index is -0.777. The van der Waals surface area contributed by atoms with Gasteiger partial charge < -0.3 is 14.2 Å². The quantitative estimate of drug-likeness (QED) is 0.0261. The number of rotatable bonds is 57. The van der Waals surface area contributed by atoms with Crippen LogP contribution in [0, 0.1) is 0 Å². The number of unbranched alkanes of at least 4 members (excludes halogenated alkanes) is 40. The Hall–Kier alpha value is -2.37. The minimum Gasteiger partial charge on any atom is -0.462 e. The first-order valence-electron chi connectivity index (χ1n) is 31.0. The van der Waals surface area contributed by atoms with Gasteiger partial charge in [-0.3, -0.25) is 14.4 Å². The number of hydrogen-bond acceptors (Lipinski definition) is 6. The van der Waals surface area contributed by atoms with Crippen LogP contribution in [0.5, 0.6) is 0 Å². The van der Waals surface area contributed by atoms with Gasteiger partial charge in [-0.05, 0) is 77.0 Å². The highest BCUT2D eigenvalue weighted by atomic mass is 16.6. The van der Waals surface area contributed by atoms with Crippen LogP contribution in [0.4, 0.5) is 0 Å². The number of carbonyl (C=O) groups is 3. The molecule has 0 aromatic rings. The summed E-state index contributed by atoms with van der Waals surface area (Å²) in [4.78, 5) is 38.2. The molecule has 0 heterocycles. The van der Waals surface area contributed by atoms with Gasteiger partial charge in [0.05, 0.1) is 0 Å². The van der Waals surface area contributed by atoms with E-state index in [9.17, 15) is 14.4 Å². The summed E-state index contributed by atoms with van der Waals surface area (Å²) in [6, 6.07) is 0. The Morgan fingerprint density at radius 2 is 0.514 bits per heavy atom. The number of hydrogen-bond donors (Lipinski definition) is 0. The summed E-state index contributed by atoms with van der Waals surface area (Å²) in [6.07, 6.45) is 71.4. The second kappa shape index (κ2) is 59.2. The predicted octanol–water partition coefficient (Wildman–Crippen LogP) is 20.8. The Morgan fingerprint density at radius 1 is 0.286 bits per heavy atom. The molecule has 1 unspecified atom stereocenters. The molecule has 0 aliphatic rings. The van der Waals surface area contributed by atoms with Gasteiger partial charge in [-0.15, -0.1) is 0 Å². The molecule has 0 radical (unpaired) electrons. The van der Waals surface area contributed by atoms with E-state index in [0.29, 0.717) is 19.3 Å². The average molecular weight is 984 g/mol. The largest absolute Gasteiger partial charge is 0.462 e. The van der Waals surface area contributed by atoms with Gasteiger partial charge in [0.15, 0.2) is 6.10 Å². The lowest BCUT2D eigenvalue weighted by Gasteiger charge is -2.18. The van der Waals surface area contributed by atoms with E-state index in [1.807, 2.05) is 0 Å². The van der Waals surface area contributed by atoms with Gasteiger partial charge in [-0.2, -0.15) is 0 Å². The van der Waals surface area contributed by atoms with E-state index in [2.05, 4.69) is 57.2 Å². The van der Waals surface area contributed by atoms with Crippen molar-refractivity contribution in [2.45, 2.75) is 341 Å². The lowest BCUT2D eigenvalue weighted by Crippen LogP contribution is -2.30. The second-order valence-electron chi connectivity index (χ2n) is 21.0. The fourth-order valence-electron chi connectivity index (χ4n) is 9.18. The summed E-state index contributed by atoms with van der Waals surface area (Å²) in [5, 5.41) is 0. The van der Waals surface area contributed by atoms with Crippen LogP contribution in [0.15, 0.2) is 36.5 Å². The van der Waals surface area contributed by atoms with Crippen LogP contribution in [-0.2, 0) is 28.6 Å². The van der Waals surface area contributed by atoms with Gasteiger partial charge in [0.2, 0.25) is 0 Å². The molecule has 0 saturated carbocycles. The van der Waals surface area contributed by atoms with Crippen molar-refractivity contribution in [2.75, 3.05) is 13.2 Å². The third-order valence-corrected chi connectivity index (χ3v) is 13.9. The number of ether oxygens (including phenoxy) is 3. The van der Waals surface area contributed by atoms with Crippen molar-refractivity contribution < 1.29 is 28.6 Å². The lowest BCUT2D eigenvalue weighted by atomic mass is 10.0. The Kier molecular flexibility index (Phi) is 57.2. The molecular formula is C64H118O6. The summed E-state index contributed by atoms with van der Waals surface area (Å²) in [5.41, 5.74) is 0. The summed E-state index contributed by atoms with van der Waals surface area (Å²) in [5.74, 6) is -0.870. The number of allylic oxidation sites excluding steroid dienone is 6. The van der Waals surface area contributed by atoms with Gasteiger partial charge in [0.25, 0.3) is 0 Å². The third-order valence-electron chi connectivity index (χ3n) is 13.9. The molecule has 0 fully saturated rings. The molecule has 0 aromatic carbocycles. The van der Waals surface area contributed by atoms with Crippen LogP contribution in [0.3, 0.4) is 0 Å². The van der Waals surface area contributed by atoms with E-state index >= 15 is 0 Å². The highest BCUT2D eigenvalue weighted by Gasteiger charge is 2.19. The monoisotopic (exact) mass is 983 g/mol. The fourth-order valence-corrected chi connectivity index (χ4v) is 9.18. The Balaban J connectivity index is 4.31. The number of carbonyl (C=O) groups excluding carboxylic acids is 3. The normalized spacial score (nSPS) is 12.2. The molecule has 0 saturated heterocycles. The zero-order valence-corrected chi connectivity index (χ0v) is 47.1. The van der Waals surface area contributed by atoms with Crippen LogP contribution in [0.2, 0.25) is 0 Å². The third kappa shape index (κ3) is 56.5. The van der Waals surface area contributed by atoms with E-state index < -0.39 is 6.10 Å². The highest BCUT2D eigenvalue weighted by molar-refractivity contribution is 5.71. The van der Waals surface area contributed by atoms with Crippen molar-refractivity contribution in [3.63, 3.8) is 0 Å². The smallest absolute Gasteiger partial charge is 0.306 e. The van der Waals surface area contributed by atoms with Crippen LogP contribution >= 0.6 is 0 Å². The van der Waals surface area contributed by atoms with Gasteiger partial charge in [-0.25, -0.2) is 0 Å². The SMILES string of the molecule is CCCCC/C=C\C/C=C\CCCCCCCCCC(=O)OC(COC(=O)CCCCCCC/C=C\CCCCCCC)COC(=O)CCCCCCCCCCCCCCCCCCCCCCC. The predicted molar refractivity (Wildman–Crippen MR) is 302 cm³/mol. The molecule has 1 atom stereocenters. The highest BCUT2D eigenvalue weighted by Crippen LogP contribution is 2.17. The summed E-state index contributed by atoms with van der Waals surface area (Å²) in [7, 11) is 0. The van der Waals surface area contributed by atoms with Crippen molar-refractivity contribution in [1.29, 1.82) is 0 Å². The minimum absolute atomic E-state index is 0.0741. The van der Waals surface area contributed by atoms with Crippen LogP contribution in [0.1, 0.15) is 335 Å².